The Balaban J connectivity index is 0.996. The van der Waals surface area contributed by atoms with Gasteiger partial charge in [-0.1, -0.05) is 164 Å². The molecule has 0 unspecified atom stereocenters. The molecule has 0 atom stereocenters. The van der Waals surface area contributed by atoms with Gasteiger partial charge < -0.3 is 8.83 Å². The second kappa shape index (κ2) is 13.6. The molecule has 310 valence electrons. The third kappa shape index (κ3) is 5.05. The fourth-order valence-electron chi connectivity index (χ4n) is 11.5. The number of benzene rings is 10. The first-order valence-corrected chi connectivity index (χ1v) is 22.7. The second-order valence-electron chi connectivity index (χ2n) is 17.8. The molecule has 2 aliphatic carbocycles. The van der Waals surface area contributed by atoms with Crippen LogP contribution in [-0.4, -0.2) is 15.0 Å². The first-order chi connectivity index (χ1) is 33.2. The minimum atomic E-state index is -0.626. The van der Waals surface area contributed by atoms with Crippen LogP contribution >= 0.6 is 0 Å². The van der Waals surface area contributed by atoms with Gasteiger partial charge in [-0.25, -0.2) is 15.0 Å². The smallest absolute Gasteiger partial charge is 0.164 e. The molecule has 5 heteroatoms. The predicted molar refractivity (Wildman–Crippen MR) is 270 cm³/mol. The zero-order chi connectivity index (χ0) is 43.8. The van der Waals surface area contributed by atoms with Gasteiger partial charge in [0.05, 0.1) is 5.41 Å². The lowest BCUT2D eigenvalue weighted by Gasteiger charge is -2.31. The quantitative estimate of drug-likeness (QED) is 0.176. The largest absolute Gasteiger partial charge is 0.456 e. The topological polar surface area (TPSA) is 65.0 Å². The number of para-hydroxylation sites is 1. The summed E-state index contributed by atoms with van der Waals surface area (Å²) in [6, 6.07) is 75.4. The van der Waals surface area contributed by atoms with Crippen LogP contribution in [0.1, 0.15) is 22.3 Å². The Bertz CT molecular complexity index is 4120. The number of rotatable bonds is 4. The van der Waals surface area contributed by atoms with Gasteiger partial charge in [0.1, 0.15) is 22.3 Å². The molecule has 2 aliphatic rings. The molecule has 0 N–H and O–H groups in total. The lowest BCUT2D eigenvalue weighted by atomic mass is 9.69. The van der Waals surface area contributed by atoms with Gasteiger partial charge in [0.15, 0.2) is 17.5 Å². The highest BCUT2D eigenvalue weighted by Crippen LogP contribution is 2.65. The summed E-state index contributed by atoms with van der Waals surface area (Å²) in [5.74, 6) is 1.88. The van der Waals surface area contributed by atoms with Crippen molar-refractivity contribution < 1.29 is 8.83 Å². The Morgan fingerprint density at radius 3 is 1.64 bits per heavy atom. The van der Waals surface area contributed by atoms with E-state index >= 15 is 0 Å². The fraction of sp³-hybridized carbons (Fsp3) is 0.0161. The van der Waals surface area contributed by atoms with Crippen LogP contribution in [0.4, 0.5) is 0 Å². The summed E-state index contributed by atoms with van der Waals surface area (Å²) in [7, 11) is 0. The molecule has 5 nitrogen and oxygen atoms in total. The molecular formula is C62H35N3O2. The predicted octanol–water partition coefficient (Wildman–Crippen LogP) is 15.8. The van der Waals surface area contributed by atoms with Gasteiger partial charge >= 0.3 is 0 Å². The average Bonchev–Trinajstić information content (AvgIpc) is 4.12. The standard InChI is InChI=1S/C62H35N3O2/c1-3-15-36(16-4-1)59-63-60(37-17-5-2-6-18-37)65-61(64-59)48-33-40(31-39-19-7-8-20-41(39)48)38-27-29-54-49(32-38)57-55(66-54)30-28-45-46-34-47-44-23-11-14-26-53(44)67-56(47)35-52(46)62(58(45)57)50-24-12-9-21-42(50)43-22-10-13-25-51(43)62/h1-35H. The molecule has 15 rings (SSSR count). The van der Waals surface area contributed by atoms with E-state index in [4.69, 9.17) is 23.8 Å². The van der Waals surface area contributed by atoms with Gasteiger partial charge in [-0.2, -0.15) is 0 Å². The van der Waals surface area contributed by atoms with Crippen molar-refractivity contribution in [3.8, 4) is 67.5 Å². The van der Waals surface area contributed by atoms with Crippen LogP contribution in [-0.2, 0) is 5.41 Å². The fourth-order valence-corrected chi connectivity index (χ4v) is 11.5. The monoisotopic (exact) mass is 853 g/mol. The normalized spacial score (nSPS) is 13.2. The highest BCUT2D eigenvalue weighted by atomic mass is 16.3. The van der Waals surface area contributed by atoms with Crippen LogP contribution in [0.2, 0.25) is 0 Å². The van der Waals surface area contributed by atoms with Crippen LogP contribution in [0.5, 0.6) is 0 Å². The molecule has 0 amide bonds. The summed E-state index contributed by atoms with van der Waals surface area (Å²) >= 11 is 0. The summed E-state index contributed by atoms with van der Waals surface area (Å²) < 4.78 is 13.6. The lowest BCUT2D eigenvalue weighted by Crippen LogP contribution is -2.26. The van der Waals surface area contributed by atoms with E-state index in [0.29, 0.717) is 17.5 Å². The maximum atomic E-state index is 6.89. The van der Waals surface area contributed by atoms with Gasteiger partial charge in [-0.15, -0.1) is 0 Å². The highest BCUT2D eigenvalue weighted by molar-refractivity contribution is 6.16. The van der Waals surface area contributed by atoms with Crippen LogP contribution in [0.3, 0.4) is 0 Å². The molecule has 0 saturated carbocycles. The van der Waals surface area contributed by atoms with Crippen LogP contribution in [0.25, 0.3) is 122 Å². The summed E-state index contributed by atoms with van der Waals surface area (Å²) in [6.07, 6.45) is 0. The molecule has 0 bridgehead atoms. The maximum Gasteiger partial charge on any atom is 0.164 e. The SMILES string of the molecule is c1ccc(-c2nc(-c3ccccc3)nc(-c3cc(-c4ccc5oc6ccc7c(c6c5c4)C4(c5ccccc5-c5ccccc54)c4cc5oc6ccccc6c5cc4-7)cc4ccccc34)n2)cc1. The second-order valence-corrected chi connectivity index (χ2v) is 17.8. The molecular weight excluding hydrogens is 819 g/mol. The van der Waals surface area contributed by atoms with Crippen molar-refractivity contribution in [2.24, 2.45) is 0 Å². The molecule has 0 radical (unpaired) electrons. The third-order valence-corrected chi connectivity index (χ3v) is 14.3. The summed E-state index contributed by atoms with van der Waals surface area (Å²) in [5, 5.41) is 6.60. The molecule has 1 spiro atoms. The Morgan fingerprint density at radius 2 is 0.896 bits per heavy atom. The van der Waals surface area contributed by atoms with E-state index in [1.807, 2.05) is 42.5 Å². The maximum absolute atomic E-state index is 6.89. The summed E-state index contributed by atoms with van der Waals surface area (Å²) in [6.45, 7) is 0. The van der Waals surface area contributed by atoms with Gasteiger partial charge in [0, 0.05) is 38.2 Å². The van der Waals surface area contributed by atoms with E-state index in [1.165, 1.54) is 44.5 Å². The van der Waals surface area contributed by atoms with E-state index in [9.17, 15) is 0 Å². The molecule has 0 saturated heterocycles. The first kappa shape index (κ1) is 36.4. The minimum Gasteiger partial charge on any atom is -0.456 e. The minimum absolute atomic E-state index is 0.621. The van der Waals surface area contributed by atoms with Crippen molar-refractivity contribution >= 4 is 54.6 Å². The Hall–Kier alpha value is -8.93. The van der Waals surface area contributed by atoms with Crippen molar-refractivity contribution in [2.45, 2.75) is 5.41 Å². The van der Waals surface area contributed by atoms with Gasteiger partial charge in [0.2, 0.25) is 0 Å². The molecule has 10 aromatic carbocycles. The number of fused-ring (bicyclic) bond motifs is 18. The number of aromatic nitrogens is 3. The number of furan rings is 2. The summed E-state index contributed by atoms with van der Waals surface area (Å²) in [4.78, 5) is 15.4. The molecule has 67 heavy (non-hydrogen) atoms. The zero-order valence-corrected chi connectivity index (χ0v) is 35.9. The van der Waals surface area contributed by atoms with Crippen molar-refractivity contribution in [1.82, 2.24) is 15.0 Å². The highest BCUT2D eigenvalue weighted by Gasteiger charge is 2.53. The van der Waals surface area contributed by atoms with Crippen molar-refractivity contribution in [3.63, 3.8) is 0 Å². The van der Waals surface area contributed by atoms with Gasteiger partial charge in [-0.3, -0.25) is 0 Å². The van der Waals surface area contributed by atoms with E-state index in [0.717, 1.165) is 82.5 Å². The molecule has 0 fully saturated rings. The van der Waals surface area contributed by atoms with E-state index < -0.39 is 5.41 Å². The number of nitrogens with zero attached hydrogens (tertiary/aromatic N) is 3. The van der Waals surface area contributed by atoms with E-state index in [-0.39, 0.29) is 0 Å². The van der Waals surface area contributed by atoms with E-state index in [2.05, 4.69) is 170 Å². The van der Waals surface area contributed by atoms with Crippen molar-refractivity contribution in [2.75, 3.05) is 0 Å². The Kier molecular flexibility index (Phi) is 7.36. The zero-order valence-electron chi connectivity index (χ0n) is 35.9. The Labute approximate surface area is 384 Å². The molecule has 3 aromatic heterocycles. The summed E-state index contributed by atoms with van der Waals surface area (Å²) in [5.41, 5.74) is 17.7. The molecule has 13 aromatic rings. The van der Waals surface area contributed by atoms with Crippen LogP contribution < -0.4 is 0 Å². The lowest BCUT2D eigenvalue weighted by molar-refractivity contribution is 0.666. The van der Waals surface area contributed by atoms with Crippen molar-refractivity contribution in [1.29, 1.82) is 0 Å². The van der Waals surface area contributed by atoms with Crippen molar-refractivity contribution in [3.05, 3.63) is 235 Å². The van der Waals surface area contributed by atoms with Crippen LogP contribution in [0, 0.1) is 0 Å². The third-order valence-electron chi connectivity index (χ3n) is 14.3. The molecule has 0 aliphatic heterocycles. The van der Waals surface area contributed by atoms with E-state index in [1.54, 1.807) is 0 Å². The number of hydrogen-bond donors (Lipinski definition) is 0. The molecule has 3 heterocycles. The number of hydrogen-bond acceptors (Lipinski definition) is 5. The first-order valence-electron chi connectivity index (χ1n) is 22.7. The van der Waals surface area contributed by atoms with Gasteiger partial charge in [-0.05, 0) is 115 Å². The van der Waals surface area contributed by atoms with Gasteiger partial charge in [0.25, 0.3) is 0 Å². The average molecular weight is 854 g/mol. The Morgan fingerprint density at radius 1 is 0.299 bits per heavy atom. The van der Waals surface area contributed by atoms with Crippen LogP contribution in [0.15, 0.2) is 221 Å².